The van der Waals surface area contributed by atoms with Crippen molar-refractivity contribution in [2.45, 2.75) is 4.90 Å². The van der Waals surface area contributed by atoms with E-state index in [1.54, 1.807) is 0 Å². The predicted molar refractivity (Wildman–Crippen MR) is 47.7 cm³/mol. The minimum absolute atomic E-state index is 0.0710. The van der Waals surface area contributed by atoms with Gasteiger partial charge < -0.3 is 9.84 Å². The standard InChI is InChI=1S/C7H7ClO4S/c1-12-5-3-2-4-6(7(5)9)13(8,10)11/h2-4,9H,1H3. The van der Waals surface area contributed by atoms with Crippen LogP contribution in [0.4, 0.5) is 0 Å². The van der Waals surface area contributed by atoms with Gasteiger partial charge in [-0.25, -0.2) is 8.42 Å². The molecule has 13 heavy (non-hydrogen) atoms. The van der Waals surface area contributed by atoms with Crippen LogP contribution in [-0.4, -0.2) is 20.6 Å². The third-order valence-electron chi connectivity index (χ3n) is 1.44. The van der Waals surface area contributed by atoms with Crippen LogP contribution in [0.25, 0.3) is 0 Å². The summed E-state index contributed by atoms with van der Waals surface area (Å²) in [7, 11) is 2.44. The number of hydrogen-bond donors (Lipinski definition) is 1. The van der Waals surface area contributed by atoms with Crippen molar-refractivity contribution in [2.75, 3.05) is 7.11 Å². The lowest BCUT2D eigenvalue weighted by Crippen LogP contribution is -1.93. The highest BCUT2D eigenvalue weighted by Gasteiger charge is 2.17. The van der Waals surface area contributed by atoms with Crippen molar-refractivity contribution in [1.29, 1.82) is 0 Å². The van der Waals surface area contributed by atoms with Gasteiger partial charge in [0, 0.05) is 10.7 Å². The Morgan fingerprint density at radius 3 is 2.54 bits per heavy atom. The van der Waals surface area contributed by atoms with E-state index in [-0.39, 0.29) is 10.6 Å². The van der Waals surface area contributed by atoms with Gasteiger partial charge in [0.25, 0.3) is 9.05 Å². The minimum Gasteiger partial charge on any atom is -0.503 e. The monoisotopic (exact) mass is 222 g/mol. The fourth-order valence-corrected chi connectivity index (χ4v) is 1.81. The second-order valence-electron chi connectivity index (χ2n) is 2.24. The van der Waals surface area contributed by atoms with Gasteiger partial charge in [-0.15, -0.1) is 0 Å². The Balaban J connectivity index is 3.41. The summed E-state index contributed by atoms with van der Waals surface area (Å²) in [6.45, 7) is 0. The van der Waals surface area contributed by atoms with Crippen LogP contribution < -0.4 is 4.74 Å². The zero-order chi connectivity index (χ0) is 10.1. The van der Waals surface area contributed by atoms with E-state index in [2.05, 4.69) is 0 Å². The fraction of sp³-hybridized carbons (Fsp3) is 0.143. The van der Waals surface area contributed by atoms with E-state index in [9.17, 15) is 13.5 Å². The molecule has 0 aliphatic heterocycles. The minimum atomic E-state index is -3.92. The van der Waals surface area contributed by atoms with E-state index in [1.165, 1.54) is 25.3 Å². The van der Waals surface area contributed by atoms with E-state index in [1.807, 2.05) is 0 Å². The van der Waals surface area contributed by atoms with Crippen molar-refractivity contribution in [3.8, 4) is 11.5 Å². The van der Waals surface area contributed by atoms with Gasteiger partial charge in [-0.1, -0.05) is 6.07 Å². The molecule has 1 aromatic carbocycles. The van der Waals surface area contributed by atoms with Gasteiger partial charge in [0.15, 0.2) is 11.5 Å². The molecule has 0 unspecified atom stereocenters. The second-order valence-corrected chi connectivity index (χ2v) is 4.78. The quantitative estimate of drug-likeness (QED) is 0.767. The van der Waals surface area contributed by atoms with Gasteiger partial charge in [0.2, 0.25) is 0 Å². The highest BCUT2D eigenvalue weighted by Crippen LogP contribution is 2.34. The van der Waals surface area contributed by atoms with Gasteiger partial charge in [0.1, 0.15) is 4.90 Å². The average Bonchev–Trinajstić information content (AvgIpc) is 2.02. The van der Waals surface area contributed by atoms with Gasteiger partial charge in [-0.2, -0.15) is 0 Å². The van der Waals surface area contributed by atoms with Crippen molar-refractivity contribution in [3.63, 3.8) is 0 Å². The Bertz CT molecular complexity index is 413. The molecule has 0 saturated heterocycles. The van der Waals surface area contributed by atoms with Crippen molar-refractivity contribution in [1.82, 2.24) is 0 Å². The van der Waals surface area contributed by atoms with Gasteiger partial charge in [-0.05, 0) is 12.1 Å². The molecule has 0 aliphatic rings. The molecule has 0 aliphatic carbocycles. The highest BCUT2D eigenvalue weighted by molar-refractivity contribution is 8.13. The number of benzene rings is 1. The number of hydrogen-bond acceptors (Lipinski definition) is 4. The normalized spacial score (nSPS) is 11.2. The molecule has 1 aromatic rings. The largest absolute Gasteiger partial charge is 0.503 e. The molecule has 0 atom stereocenters. The SMILES string of the molecule is COc1cccc(S(=O)(=O)Cl)c1O. The molecular weight excluding hydrogens is 216 g/mol. The zero-order valence-corrected chi connectivity index (χ0v) is 8.26. The molecule has 1 N–H and O–H groups in total. The summed E-state index contributed by atoms with van der Waals surface area (Å²) >= 11 is 0. The van der Waals surface area contributed by atoms with Crippen LogP contribution in [0.3, 0.4) is 0 Å². The van der Waals surface area contributed by atoms with E-state index in [0.29, 0.717) is 0 Å². The molecule has 0 heterocycles. The lowest BCUT2D eigenvalue weighted by Gasteiger charge is -2.05. The Hall–Kier alpha value is -0.940. The van der Waals surface area contributed by atoms with Gasteiger partial charge in [0.05, 0.1) is 7.11 Å². The van der Waals surface area contributed by atoms with Crippen LogP contribution in [0.5, 0.6) is 11.5 Å². The molecule has 0 spiro atoms. The maximum Gasteiger partial charge on any atom is 0.265 e. The first kappa shape index (κ1) is 10.1. The van der Waals surface area contributed by atoms with Crippen molar-refractivity contribution in [3.05, 3.63) is 18.2 Å². The summed E-state index contributed by atoms with van der Waals surface area (Å²) in [5, 5.41) is 9.34. The number of para-hydroxylation sites is 1. The number of aromatic hydroxyl groups is 1. The maximum absolute atomic E-state index is 10.9. The third kappa shape index (κ3) is 2.05. The molecular formula is C7H7ClO4S. The number of phenolic OH excluding ortho intramolecular Hbond substituents is 1. The summed E-state index contributed by atoms with van der Waals surface area (Å²) in [6.07, 6.45) is 0. The van der Waals surface area contributed by atoms with Crippen LogP contribution >= 0.6 is 10.7 Å². The summed E-state index contributed by atoms with van der Waals surface area (Å²) < 4.78 is 26.5. The van der Waals surface area contributed by atoms with E-state index < -0.39 is 14.8 Å². The Morgan fingerprint density at radius 2 is 2.08 bits per heavy atom. The van der Waals surface area contributed by atoms with Crippen LogP contribution in [-0.2, 0) is 9.05 Å². The molecule has 72 valence electrons. The first-order chi connectivity index (χ1) is 5.96. The average molecular weight is 223 g/mol. The number of methoxy groups -OCH3 is 1. The molecule has 0 fully saturated rings. The zero-order valence-electron chi connectivity index (χ0n) is 6.69. The first-order valence-electron chi connectivity index (χ1n) is 3.27. The molecule has 0 amide bonds. The van der Waals surface area contributed by atoms with Crippen LogP contribution in [0.1, 0.15) is 0 Å². The van der Waals surface area contributed by atoms with E-state index in [4.69, 9.17) is 15.4 Å². The summed E-state index contributed by atoms with van der Waals surface area (Å²) in [6, 6.07) is 4.05. The molecule has 4 nitrogen and oxygen atoms in total. The highest BCUT2D eigenvalue weighted by atomic mass is 35.7. The molecule has 0 aromatic heterocycles. The molecule has 0 bridgehead atoms. The topological polar surface area (TPSA) is 63.6 Å². The summed E-state index contributed by atoms with van der Waals surface area (Å²) in [5.41, 5.74) is 0. The second kappa shape index (κ2) is 3.43. The van der Waals surface area contributed by atoms with Crippen LogP contribution in [0, 0.1) is 0 Å². The van der Waals surface area contributed by atoms with Gasteiger partial charge in [-0.3, -0.25) is 0 Å². The van der Waals surface area contributed by atoms with E-state index >= 15 is 0 Å². The number of phenols is 1. The van der Waals surface area contributed by atoms with E-state index in [0.717, 1.165) is 0 Å². The van der Waals surface area contributed by atoms with Gasteiger partial charge >= 0.3 is 0 Å². The smallest absolute Gasteiger partial charge is 0.265 e. The maximum atomic E-state index is 10.9. The van der Waals surface area contributed by atoms with Crippen LogP contribution in [0.2, 0.25) is 0 Å². The molecule has 1 rings (SSSR count). The summed E-state index contributed by atoms with van der Waals surface area (Å²) in [4.78, 5) is -0.353. The molecule has 6 heteroatoms. The van der Waals surface area contributed by atoms with Crippen molar-refractivity contribution in [2.24, 2.45) is 0 Å². The molecule has 0 saturated carbocycles. The predicted octanol–water partition coefficient (Wildman–Crippen LogP) is 1.33. The third-order valence-corrected chi connectivity index (χ3v) is 2.80. The van der Waals surface area contributed by atoms with Crippen LogP contribution in [0.15, 0.2) is 23.1 Å². The lowest BCUT2D eigenvalue weighted by atomic mass is 10.3. The summed E-state index contributed by atoms with van der Waals surface area (Å²) in [5.74, 6) is -0.401. The Kier molecular flexibility index (Phi) is 2.68. The molecule has 0 radical (unpaired) electrons. The lowest BCUT2D eigenvalue weighted by molar-refractivity contribution is 0.366. The Morgan fingerprint density at radius 1 is 1.46 bits per heavy atom. The van der Waals surface area contributed by atoms with Crippen molar-refractivity contribution >= 4 is 19.7 Å². The number of ether oxygens (including phenoxy) is 1. The van der Waals surface area contributed by atoms with Crippen molar-refractivity contribution < 1.29 is 18.3 Å². The number of halogens is 1. The Labute approximate surface area is 80.1 Å². The fourth-order valence-electron chi connectivity index (χ4n) is 0.864. The first-order valence-corrected chi connectivity index (χ1v) is 5.58. The number of rotatable bonds is 2.